The van der Waals surface area contributed by atoms with Gasteiger partial charge in [-0.25, -0.2) is 0 Å². The highest BCUT2D eigenvalue weighted by Crippen LogP contribution is 2.27. The number of rotatable bonds is 49. The van der Waals surface area contributed by atoms with Crippen LogP contribution in [0.15, 0.2) is 97.1 Å². The summed E-state index contributed by atoms with van der Waals surface area (Å²) >= 11 is 0. The van der Waals surface area contributed by atoms with Gasteiger partial charge in [0.2, 0.25) is 0 Å². The summed E-state index contributed by atoms with van der Waals surface area (Å²) in [6.45, 7) is 35.5. The van der Waals surface area contributed by atoms with E-state index in [2.05, 4.69) is 36.4 Å². The van der Waals surface area contributed by atoms with Crippen molar-refractivity contribution in [1.82, 2.24) is 0 Å². The summed E-state index contributed by atoms with van der Waals surface area (Å²) in [6.07, 6.45) is 10.6. The molecular formula is C72H124O20Si4. The molecular weight excluding hydrogens is 1300 g/mol. The molecule has 4 aromatic carbocycles. The number of ether oxygens (including phenoxy) is 7. The predicted octanol–water partition coefficient (Wildman–Crippen LogP) is 15.9. The number of benzene rings is 4. The molecule has 0 amide bonds. The standard InChI is InChI=1S/C20H34O5Si.C18H32O5Si.C17H30O5Si.C17H28O5Si/c1-4-22-26(23-5-2,24-6-3)17-9-10-18-12-14-19(15-13-18)25-20-11-7-8-16-21-20;1-6-20-24(21-7-2,22-8-3)15-9-10-17-11-13-18(14-12-17)23-16(4)19-5;1-5-20-23(21-6-2,22-7-3)14-8-9-16-10-12-17(13-11-16)19-15-18-4;1-5-19-23(20-6-2,21-7-3)14-8-9-16-10-12-17(13-11-16)22-15(4)18/h12-15,20H,4-11,16-17H2,1-3H3;11-14,16H,6-10,15H2,1-5H3;10-13H,5-9,14-15H2,1-4H3;10-13H,5-9,14H2,1-4H3. The number of aryl methyl sites for hydroxylation is 4. The van der Waals surface area contributed by atoms with Gasteiger partial charge in [0.05, 0.1) is 6.61 Å². The molecule has 20 nitrogen and oxygen atoms in total. The van der Waals surface area contributed by atoms with Gasteiger partial charge in [-0.1, -0.05) is 48.5 Å². The van der Waals surface area contributed by atoms with Crippen LogP contribution in [0, 0.1) is 0 Å². The Morgan fingerprint density at radius 1 is 0.417 bits per heavy atom. The lowest BCUT2D eigenvalue weighted by Gasteiger charge is -2.28. The summed E-state index contributed by atoms with van der Waals surface area (Å²) in [6, 6.07) is 35.4. The maximum absolute atomic E-state index is 10.9. The number of hydrogen-bond donors (Lipinski definition) is 0. The average molecular weight is 1420 g/mol. The average Bonchev–Trinajstić information content (AvgIpc) is 1.10. The van der Waals surface area contributed by atoms with E-state index in [1.54, 1.807) is 14.2 Å². The van der Waals surface area contributed by atoms with Gasteiger partial charge < -0.3 is 86.3 Å². The summed E-state index contributed by atoms with van der Waals surface area (Å²) in [5.41, 5.74) is 5.00. The number of carbonyl (C=O) groups is 1. The normalized spacial score (nSPS) is 13.7. The van der Waals surface area contributed by atoms with Gasteiger partial charge in [0, 0.05) is 131 Å². The second-order valence-corrected chi connectivity index (χ2v) is 32.8. The third kappa shape index (κ3) is 37.4. The maximum atomic E-state index is 10.9. The van der Waals surface area contributed by atoms with Gasteiger partial charge in [-0.2, -0.15) is 0 Å². The quantitative estimate of drug-likeness (QED) is 0.0175. The first-order valence-electron chi connectivity index (χ1n) is 35.3. The van der Waals surface area contributed by atoms with Gasteiger partial charge in [-0.3, -0.25) is 4.79 Å². The molecule has 548 valence electrons. The molecule has 96 heavy (non-hydrogen) atoms. The molecule has 0 aromatic heterocycles. The Labute approximate surface area is 582 Å². The Hall–Kier alpha value is -3.98. The van der Waals surface area contributed by atoms with Crippen LogP contribution in [-0.2, 0) is 97.8 Å². The lowest BCUT2D eigenvalue weighted by Crippen LogP contribution is -2.46. The third-order valence-electron chi connectivity index (χ3n) is 14.5. The molecule has 0 radical (unpaired) electrons. The van der Waals surface area contributed by atoms with Gasteiger partial charge in [-0.15, -0.1) is 0 Å². The van der Waals surface area contributed by atoms with Gasteiger partial charge in [-0.05, 0) is 225 Å². The van der Waals surface area contributed by atoms with Crippen molar-refractivity contribution in [2.45, 2.75) is 204 Å². The molecule has 1 saturated heterocycles. The van der Waals surface area contributed by atoms with Crippen molar-refractivity contribution in [3.63, 3.8) is 0 Å². The first-order valence-corrected chi connectivity index (χ1v) is 43.1. The van der Waals surface area contributed by atoms with E-state index in [1.165, 1.54) is 35.6 Å². The molecule has 5 rings (SSSR count). The Kier molecular flexibility index (Phi) is 49.4. The van der Waals surface area contributed by atoms with Crippen LogP contribution in [0.2, 0.25) is 24.2 Å². The number of hydrogen-bond acceptors (Lipinski definition) is 20. The summed E-state index contributed by atoms with van der Waals surface area (Å²) in [5, 5.41) is 0. The molecule has 0 N–H and O–H groups in total. The molecule has 1 fully saturated rings. The van der Waals surface area contributed by atoms with Crippen LogP contribution >= 0.6 is 0 Å². The van der Waals surface area contributed by atoms with Crippen LogP contribution in [0.3, 0.4) is 0 Å². The van der Waals surface area contributed by atoms with E-state index in [4.69, 9.17) is 86.3 Å². The summed E-state index contributed by atoms with van der Waals surface area (Å²) in [7, 11) is -6.89. The Morgan fingerprint density at radius 2 is 0.708 bits per heavy atom. The second-order valence-electron chi connectivity index (χ2n) is 21.9. The van der Waals surface area contributed by atoms with Crippen LogP contribution in [-0.4, -0.2) is 161 Å². The molecule has 1 heterocycles. The molecule has 2 atom stereocenters. The minimum absolute atomic E-state index is 0.0928. The van der Waals surface area contributed by atoms with Crippen LogP contribution in [0.1, 0.15) is 164 Å². The molecule has 0 spiro atoms. The van der Waals surface area contributed by atoms with Crippen molar-refractivity contribution in [1.29, 1.82) is 0 Å². The van der Waals surface area contributed by atoms with E-state index >= 15 is 0 Å². The number of methoxy groups -OCH3 is 2. The zero-order valence-electron chi connectivity index (χ0n) is 61.6. The second kappa shape index (κ2) is 53.9. The van der Waals surface area contributed by atoms with E-state index in [9.17, 15) is 4.79 Å². The minimum atomic E-state index is -2.55. The van der Waals surface area contributed by atoms with Crippen molar-refractivity contribution in [3.8, 4) is 23.0 Å². The maximum Gasteiger partial charge on any atom is 0.500 e. The van der Waals surface area contributed by atoms with Gasteiger partial charge in [0.1, 0.15) is 23.0 Å². The molecule has 1 aliphatic rings. The molecule has 4 aromatic rings. The highest BCUT2D eigenvalue weighted by Gasteiger charge is 2.42. The van der Waals surface area contributed by atoms with E-state index in [0.29, 0.717) is 85.0 Å². The molecule has 0 aliphatic carbocycles. The first kappa shape index (κ1) is 88.1. The summed E-state index contributed by atoms with van der Waals surface area (Å²) in [4.78, 5) is 10.9. The Balaban J connectivity index is 0.000000436. The van der Waals surface area contributed by atoms with Gasteiger partial charge in [0.15, 0.2) is 19.4 Å². The highest BCUT2D eigenvalue weighted by molar-refractivity contribution is 6.61. The van der Waals surface area contributed by atoms with Gasteiger partial charge in [0.25, 0.3) is 0 Å². The van der Waals surface area contributed by atoms with Crippen LogP contribution in [0.4, 0.5) is 0 Å². The Morgan fingerprint density at radius 3 is 0.969 bits per heavy atom. The minimum Gasteiger partial charge on any atom is -0.468 e. The largest absolute Gasteiger partial charge is 0.500 e. The smallest absolute Gasteiger partial charge is 0.468 e. The first-order chi connectivity index (χ1) is 46.5. The van der Waals surface area contributed by atoms with E-state index in [-0.39, 0.29) is 25.3 Å². The highest BCUT2D eigenvalue weighted by atomic mass is 28.4. The SMILES string of the molecule is CCO[Si](CCCc1ccc(OC(C)=O)cc1)(OCC)OCC.CCO[Si](CCCc1ccc(OC(C)OC)cc1)(OCC)OCC.CCO[Si](CCCc1ccc(OC2CCCCO2)cc1)(OCC)OCC.CCO[Si](CCCc1ccc(OCOC)cc1)(OCC)OCC. The zero-order valence-corrected chi connectivity index (χ0v) is 65.6. The number of esters is 1. The van der Waals surface area contributed by atoms with E-state index in [1.807, 2.05) is 151 Å². The Bertz CT molecular complexity index is 2410. The molecule has 24 heteroatoms. The molecule has 1 aliphatic heterocycles. The molecule has 0 bridgehead atoms. The van der Waals surface area contributed by atoms with E-state index < -0.39 is 35.2 Å². The zero-order chi connectivity index (χ0) is 70.6. The third-order valence-corrected chi connectivity index (χ3v) is 27.1. The summed E-state index contributed by atoms with van der Waals surface area (Å²) in [5.74, 6) is 2.77. The van der Waals surface area contributed by atoms with Gasteiger partial charge >= 0.3 is 41.2 Å². The van der Waals surface area contributed by atoms with Crippen molar-refractivity contribution >= 4 is 41.2 Å². The predicted molar refractivity (Wildman–Crippen MR) is 386 cm³/mol. The van der Waals surface area contributed by atoms with Crippen molar-refractivity contribution in [2.75, 3.05) is 107 Å². The fourth-order valence-electron chi connectivity index (χ4n) is 10.5. The van der Waals surface area contributed by atoms with E-state index in [0.717, 1.165) is 112 Å². The number of carbonyl (C=O) groups excluding carboxylic acids is 1. The van der Waals surface area contributed by atoms with Crippen LogP contribution in [0.5, 0.6) is 23.0 Å². The summed E-state index contributed by atoms with van der Waals surface area (Å²) < 4.78 is 108. The van der Waals surface area contributed by atoms with Crippen molar-refractivity contribution in [2.24, 2.45) is 0 Å². The van der Waals surface area contributed by atoms with Crippen LogP contribution < -0.4 is 18.9 Å². The molecule has 0 saturated carbocycles. The van der Waals surface area contributed by atoms with Crippen LogP contribution in [0.25, 0.3) is 0 Å². The van der Waals surface area contributed by atoms with Crippen molar-refractivity contribution in [3.05, 3.63) is 119 Å². The van der Waals surface area contributed by atoms with Crippen molar-refractivity contribution < 1.29 is 91.1 Å². The fourth-order valence-corrected chi connectivity index (χ4v) is 20.9. The molecule has 2 unspecified atom stereocenters. The topological polar surface area (TPSA) is 192 Å². The lowest BCUT2D eigenvalue weighted by molar-refractivity contribution is -0.131. The monoisotopic (exact) mass is 1420 g/mol. The lowest BCUT2D eigenvalue weighted by atomic mass is 10.1. The fraction of sp³-hybridized carbons (Fsp3) is 0.653.